The lowest BCUT2D eigenvalue weighted by Crippen LogP contribution is -2.38. The Hall–Kier alpha value is -1.13. The molecule has 2 rings (SSSR count). The van der Waals surface area contributed by atoms with E-state index in [0.29, 0.717) is 32.3 Å². The minimum atomic E-state index is -0.356. The zero-order valence-electron chi connectivity index (χ0n) is 16.1. The van der Waals surface area contributed by atoms with Gasteiger partial charge in [-0.2, -0.15) is 0 Å². The first-order valence-electron chi connectivity index (χ1n) is 9.35. The van der Waals surface area contributed by atoms with Gasteiger partial charge in [-0.25, -0.2) is 9.38 Å². The van der Waals surface area contributed by atoms with Crippen molar-refractivity contribution in [2.75, 3.05) is 39.5 Å². The number of nitrogens with zero attached hydrogens (tertiary/aromatic N) is 1. The van der Waals surface area contributed by atoms with Gasteiger partial charge in [0.15, 0.2) is 17.5 Å². The normalized spacial score (nSPS) is 16.7. The fraction of sp³-hybridized carbons (Fsp3) is 0.632. The second-order valence-electron chi connectivity index (χ2n) is 6.03. The van der Waals surface area contributed by atoms with Gasteiger partial charge in [-0.05, 0) is 44.4 Å². The zero-order chi connectivity index (χ0) is 18.6. The molecule has 0 radical (unpaired) electrons. The average Bonchev–Trinajstić information content (AvgIpc) is 3.15. The minimum absolute atomic E-state index is 0. The van der Waals surface area contributed by atoms with Gasteiger partial charge in [0, 0.05) is 26.3 Å². The second kappa shape index (κ2) is 14.0. The van der Waals surface area contributed by atoms with Crippen molar-refractivity contribution >= 4 is 29.9 Å². The molecule has 0 bridgehead atoms. The fourth-order valence-electron chi connectivity index (χ4n) is 2.60. The molecule has 1 heterocycles. The first-order chi connectivity index (χ1) is 12.7. The highest BCUT2D eigenvalue weighted by atomic mass is 127. The molecule has 27 heavy (non-hydrogen) atoms. The Balaban J connectivity index is 0.00000364. The molecular weight excluding hydrogens is 464 g/mol. The molecule has 1 aliphatic heterocycles. The van der Waals surface area contributed by atoms with Crippen molar-refractivity contribution in [2.24, 2.45) is 4.99 Å². The van der Waals surface area contributed by atoms with E-state index in [9.17, 15) is 4.39 Å². The molecule has 6 nitrogen and oxygen atoms in total. The third kappa shape index (κ3) is 9.07. The third-order valence-electron chi connectivity index (χ3n) is 3.92. The largest absolute Gasteiger partial charge is 0.491 e. The van der Waals surface area contributed by atoms with E-state index in [1.165, 1.54) is 6.07 Å². The van der Waals surface area contributed by atoms with E-state index >= 15 is 0 Å². The monoisotopic (exact) mass is 495 g/mol. The summed E-state index contributed by atoms with van der Waals surface area (Å²) in [6.07, 6.45) is 2.11. The SMILES string of the molecule is CCNC(=NCc1ccc(OCC)c(F)c1)NCCCOC1CCOC1.I. The summed E-state index contributed by atoms with van der Waals surface area (Å²) in [5.41, 5.74) is 0.799. The molecule has 0 aromatic heterocycles. The molecular formula is C19H31FIN3O3. The molecule has 1 atom stereocenters. The van der Waals surface area contributed by atoms with Gasteiger partial charge in [0.1, 0.15) is 0 Å². The van der Waals surface area contributed by atoms with Crippen LogP contribution < -0.4 is 15.4 Å². The molecule has 0 spiro atoms. The molecule has 2 N–H and O–H groups in total. The number of halogens is 2. The van der Waals surface area contributed by atoms with Crippen molar-refractivity contribution in [1.29, 1.82) is 0 Å². The van der Waals surface area contributed by atoms with E-state index in [1.807, 2.05) is 19.9 Å². The molecule has 1 saturated heterocycles. The number of hydrogen-bond donors (Lipinski definition) is 2. The van der Waals surface area contributed by atoms with Crippen molar-refractivity contribution in [3.63, 3.8) is 0 Å². The van der Waals surface area contributed by atoms with Gasteiger partial charge in [-0.15, -0.1) is 24.0 Å². The Morgan fingerprint density at radius 1 is 1.33 bits per heavy atom. The quantitative estimate of drug-likeness (QED) is 0.226. The summed E-state index contributed by atoms with van der Waals surface area (Å²) in [7, 11) is 0. The summed E-state index contributed by atoms with van der Waals surface area (Å²) in [6, 6.07) is 4.95. The van der Waals surface area contributed by atoms with Gasteiger partial charge in [-0.1, -0.05) is 6.07 Å². The number of rotatable bonds is 10. The maximum atomic E-state index is 13.9. The van der Waals surface area contributed by atoms with E-state index in [-0.39, 0.29) is 41.6 Å². The lowest BCUT2D eigenvalue weighted by Gasteiger charge is -2.13. The lowest BCUT2D eigenvalue weighted by molar-refractivity contribution is 0.0420. The third-order valence-corrected chi connectivity index (χ3v) is 3.92. The maximum Gasteiger partial charge on any atom is 0.191 e. The fourth-order valence-corrected chi connectivity index (χ4v) is 2.60. The number of benzene rings is 1. The van der Waals surface area contributed by atoms with E-state index < -0.39 is 0 Å². The Bertz CT molecular complexity index is 569. The zero-order valence-corrected chi connectivity index (χ0v) is 18.5. The molecule has 1 aromatic carbocycles. The number of nitrogens with one attached hydrogen (secondary N) is 2. The van der Waals surface area contributed by atoms with Crippen LogP contribution in [0.2, 0.25) is 0 Å². The molecule has 8 heteroatoms. The van der Waals surface area contributed by atoms with Gasteiger partial charge in [0.05, 0.1) is 25.9 Å². The highest BCUT2D eigenvalue weighted by Crippen LogP contribution is 2.18. The molecule has 0 amide bonds. The molecule has 1 aromatic rings. The molecule has 0 saturated carbocycles. The predicted molar refractivity (Wildman–Crippen MR) is 116 cm³/mol. The molecule has 1 unspecified atom stereocenters. The Morgan fingerprint density at radius 2 is 2.19 bits per heavy atom. The van der Waals surface area contributed by atoms with Gasteiger partial charge in [0.25, 0.3) is 0 Å². The van der Waals surface area contributed by atoms with Crippen LogP contribution in [0.25, 0.3) is 0 Å². The Labute approximate surface area is 178 Å². The average molecular weight is 495 g/mol. The molecule has 1 aliphatic rings. The van der Waals surface area contributed by atoms with Gasteiger partial charge >= 0.3 is 0 Å². The van der Waals surface area contributed by atoms with Crippen molar-refractivity contribution < 1.29 is 18.6 Å². The standard InChI is InChI=1S/C19H30FN3O3.HI/c1-3-21-19(22-9-5-10-26-16-8-11-24-14-16)23-13-15-6-7-18(25-4-2)17(20)12-15;/h6-7,12,16H,3-5,8-11,13-14H2,1-2H3,(H2,21,22,23);1H. The Morgan fingerprint density at radius 3 is 2.85 bits per heavy atom. The topological polar surface area (TPSA) is 64.1 Å². The van der Waals surface area contributed by atoms with Crippen LogP contribution >= 0.6 is 24.0 Å². The van der Waals surface area contributed by atoms with Crippen LogP contribution in [0.4, 0.5) is 4.39 Å². The summed E-state index contributed by atoms with van der Waals surface area (Å²) in [5, 5.41) is 6.46. The van der Waals surface area contributed by atoms with Crippen molar-refractivity contribution in [2.45, 2.75) is 39.3 Å². The smallest absolute Gasteiger partial charge is 0.191 e. The van der Waals surface area contributed by atoms with Gasteiger partial charge < -0.3 is 24.8 Å². The number of guanidine groups is 1. The molecule has 154 valence electrons. The van der Waals surface area contributed by atoms with Crippen LogP contribution in [0.5, 0.6) is 5.75 Å². The second-order valence-corrected chi connectivity index (χ2v) is 6.03. The number of hydrogen-bond acceptors (Lipinski definition) is 4. The van der Waals surface area contributed by atoms with Crippen LogP contribution in [-0.2, 0) is 16.0 Å². The molecule has 1 fully saturated rings. The highest BCUT2D eigenvalue weighted by molar-refractivity contribution is 14.0. The molecule has 0 aliphatic carbocycles. The van der Waals surface area contributed by atoms with E-state index in [0.717, 1.165) is 38.1 Å². The van der Waals surface area contributed by atoms with Crippen molar-refractivity contribution in [3.8, 4) is 5.75 Å². The van der Waals surface area contributed by atoms with Crippen molar-refractivity contribution in [3.05, 3.63) is 29.6 Å². The van der Waals surface area contributed by atoms with Gasteiger partial charge in [-0.3, -0.25) is 0 Å². The van der Waals surface area contributed by atoms with Crippen LogP contribution in [-0.4, -0.2) is 51.6 Å². The van der Waals surface area contributed by atoms with Crippen molar-refractivity contribution in [1.82, 2.24) is 10.6 Å². The lowest BCUT2D eigenvalue weighted by atomic mass is 10.2. The summed E-state index contributed by atoms with van der Waals surface area (Å²) in [4.78, 5) is 4.50. The first-order valence-corrected chi connectivity index (χ1v) is 9.35. The predicted octanol–water partition coefficient (Wildman–Crippen LogP) is 3.09. The summed E-state index contributed by atoms with van der Waals surface area (Å²) < 4.78 is 30.1. The van der Waals surface area contributed by atoms with E-state index in [2.05, 4.69) is 15.6 Å². The van der Waals surface area contributed by atoms with E-state index in [1.54, 1.807) is 6.07 Å². The highest BCUT2D eigenvalue weighted by Gasteiger charge is 2.15. The number of aliphatic imine (C=N–C) groups is 1. The van der Waals surface area contributed by atoms with Crippen LogP contribution in [0.3, 0.4) is 0 Å². The number of ether oxygens (including phenoxy) is 3. The maximum absolute atomic E-state index is 13.9. The van der Waals surface area contributed by atoms with Crippen LogP contribution in [0.1, 0.15) is 32.3 Å². The Kier molecular flexibility index (Phi) is 12.4. The summed E-state index contributed by atoms with van der Waals surface area (Å²) in [5.74, 6) is 0.634. The van der Waals surface area contributed by atoms with Gasteiger partial charge in [0.2, 0.25) is 0 Å². The van der Waals surface area contributed by atoms with E-state index in [4.69, 9.17) is 14.2 Å². The van der Waals surface area contributed by atoms with Crippen LogP contribution in [0.15, 0.2) is 23.2 Å². The summed E-state index contributed by atoms with van der Waals surface area (Å²) >= 11 is 0. The van der Waals surface area contributed by atoms with Crippen LogP contribution in [0, 0.1) is 5.82 Å². The minimum Gasteiger partial charge on any atom is -0.491 e. The first kappa shape index (κ1) is 23.9. The summed E-state index contributed by atoms with van der Waals surface area (Å²) in [6.45, 7) is 8.41.